The highest BCUT2D eigenvalue weighted by Gasteiger charge is 2.18. The molecular formula is C11H13BrINO. The van der Waals surface area contributed by atoms with Crippen molar-refractivity contribution in [3.05, 3.63) is 27.8 Å². The predicted molar refractivity (Wildman–Crippen MR) is 75.3 cm³/mol. The van der Waals surface area contributed by atoms with Gasteiger partial charge >= 0.3 is 0 Å². The summed E-state index contributed by atoms with van der Waals surface area (Å²) in [4.78, 5) is 11.5. The van der Waals surface area contributed by atoms with Crippen LogP contribution < -0.4 is 5.32 Å². The third kappa shape index (κ3) is 4.10. The molecule has 1 amide bonds. The lowest BCUT2D eigenvalue weighted by Gasteiger charge is -2.13. The van der Waals surface area contributed by atoms with Gasteiger partial charge in [-0.25, -0.2) is 0 Å². The molecule has 1 unspecified atom stereocenters. The molecule has 0 heterocycles. The van der Waals surface area contributed by atoms with Crippen LogP contribution in [-0.2, 0) is 4.79 Å². The largest absolute Gasteiger partial charge is 0.325 e. The highest BCUT2D eigenvalue weighted by molar-refractivity contribution is 14.1. The van der Waals surface area contributed by atoms with Crippen molar-refractivity contribution in [2.24, 2.45) is 5.92 Å². The van der Waals surface area contributed by atoms with Gasteiger partial charge in [-0.05, 0) is 52.8 Å². The lowest BCUT2D eigenvalue weighted by molar-refractivity contribution is -0.116. The minimum atomic E-state index is -0.142. The summed E-state index contributed by atoms with van der Waals surface area (Å²) in [6.07, 6.45) is 0. The van der Waals surface area contributed by atoms with E-state index in [2.05, 4.69) is 43.8 Å². The highest BCUT2D eigenvalue weighted by Crippen LogP contribution is 2.16. The molecule has 1 aromatic rings. The van der Waals surface area contributed by atoms with E-state index in [1.54, 1.807) is 0 Å². The molecule has 0 aliphatic rings. The van der Waals surface area contributed by atoms with Crippen molar-refractivity contribution in [2.45, 2.75) is 18.7 Å². The topological polar surface area (TPSA) is 29.1 Å². The molecule has 1 N–H and O–H groups in total. The predicted octanol–water partition coefficient (Wildman–Crippen LogP) is 3.65. The highest BCUT2D eigenvalue weighted by atomic mass is 127. The molecule has 0 aliphatic heterocycles. The first kappa shape index (κ1) is 13.0. The van der Waals surface area contributed by atoms with Crippen molar-refractivity contribution in [3.63, 3.8) is 0 Å². The number of alkyl halides is 1. The summed E-state index contributed by atoms with van der Waals surface area (Å²) in [6.45, 7) is 4.01. The number of rotatable bonds is 3. The Balaban J connectivity index is 2.62. The van der Waals surface area contributed by atoms with Crippen LogP contribution >= 0.6 is 38.5 Å². The second-order valence-electron chi connectivity index (χ2n) is 3.64. The molecule has 82 valence electrons. The van der Waals surface area contributed by atoms with E-state index < -0.39 is 0 Å². The number of hydrogen-bond acceptors (Lipinski definition) is 1. The minimum Gasteiger partial charge on any atom is -0.325 e. The van der Waals surface area contributed by atoms with Crippen LogP contribution in [0.4, 0.5) is 5.69 Å². The van der Waals surface area contributed by atoms with E-state index in [4.69, 9.17) is 0 Å². The zero-order chi connectivity index (χ0) is 11.4. The first-order chi connectivity index (χ1) is 7.00. The third-order valence-corrected chi connectivity index (χ3v) is 4.14. The molecule has 0 fully saturated rings. The molecule has 0 saturated carbocycles. The Labute approximate surface area is 112 Å². The molecule has 1 rings (SSSR count). The zero-order valence-electron chi connectivity index (χ0n) is 8.63. The van der Waals surface area contributed by atoms with Gasteiger partial charge in [0.15, 0.2) is 0 Å². The summed E-state index contributed by atoms with van der Waals surface area (Å²) in [6, 6.07) is 7.74. The maximum absolute atomic E-state index is 11.7. The Morgan fingerprint density at radius 1 is 1.33 bits per heavy atom. The Morgan fingerprint density at radius 3 is 2.33 bits per heavy atom. The molecule has 1 aromatic carbocycles. The third-order valence-electron chi connectivity index (χ3n) is 1.95. The van der Waals surface area contributed by atoms with E-state index in [1.807, 2.05) is 38.1 Å². The maximum Gasteiger partial charge on any atom is 0.238 e. The van der Waals surface area contributed by atoms with Crippen LogP contribution in [0, 0.1) is 9.49 Å². The van der Waals surface area contributed by atoms with Crippen LogP contribution in [-0.4, -0.2) is 10.7 Å². The molecule has 0 aromatic heterocycles. The van der Waals surface area contributed by atoms with E-state index in [1.165, 1.54) is 0 Å². The number of benzene rings is 1. The first-order valence-electron chi connectivity index (χ1n) is 4.71. The number of carbonyl (C=O) groups excluding carboxylic acids is 1. The van der Waals surface area contributed by atoms with Crippen molar-refractivity contribution in [1.82, 2.24) is 0 Å². The molecule has 0 spiro atoms. The van der Waals surface area contributed by atoms with Crippen molar-refractivity contribution >= 4 is 50.1 Å². The summed E-state index contributed by atoms with van der Waals surface area (Å²) in [5.74, 6) is 0.292. The van der Waals surface area contributed by atoms with Crippen LogP contribution in [0.5, 0.6) is 0 Å². The number of anilines is 1. The van der Waals surface area contributed by atoms with Gasteiger partial charge in [-0.1, -0.05) is 29.8 Å². The molecule has 0 bridgehead atoms. The molecule has 0 saturated heterocycles. The van der Waals surface area contributed by atoms with Crippen LogP contribution in [0.3, 0.4) is 0 Å². The van der Waals surface area contributed by atoms with Gasteiger partial charge in [-0.15, -0.1) is 0 Å². The monoisotopic (exact) mass is 381 g/mol. The van der Waals surface area contributed by atoms with Crippen LogP contribution in [0.1, 0.15) is 13.8 Å². The van der Waals surface area contributed by atoms with Gasteiger partial charge < -0.3 is 5.32 Å². The molecular weight excluding hydrogens is 369 g/mol. The average Bonchev–Trinajstić information content (AvgIpc) is 2.20. The Hall–Kier alpha value is -0.100. The van der Waals surface area contributed by atoms with Gasteiger partial charge in [0, 0.05) is 9.26 Å². The van der Waals surface area contributed by atoms with E-state index in [0.29, 0.717) is 0 Å². The summed E-state index contributed by atoms with van der Waals surface area (Å²) < 4.78 is 1.16. The van der Waals surface area contributed by atoms with Crippen molar-refractivity contribution in [1.29, 1.82) is 0 Å². The molecule has 0 radical (unpaired) electrons. The van der Waals surface area contributed by atoms with Gasteiger partial charge in [0.1, 0.15) is 0 Å². The van der Waals surface area contributed by atoms with Gasteiger partial charge in [0.25, 0.3) is 0 Å². The summed E-state index contributed by atoms with van der Waals surface area (Å²) >= 11 is 5.60. The van der Waals surface area contributed by atoms with Crippen LogP contribution in [0.15, 0.2) is 24.3 Å². The number of carbonyl (C=O) groups is 1. The normalized spacial score (nSPS) is 12.6. The summed E-state index contributed by atoms with van der Waals surface area (Å²) in [7, 11) is 0. The standard InChI is InChI=1S/C11H13BrINO/c1-7(2)10(12)11(15)14-9-5-3-8(13)4-6-9/h3-7,10H,1-2H3,(H,14,15). The Morgan fingerprint density at radius 2 is 1.87 bits per heavy atom. The van der Waals surface area contributed by atoms with E-state index in [0.717, 1.165) is 9.26 Å². The lowest BCUT2D eigenvalue weighted by atomic mass is 10.1. The van der Waals surface area contributed by atoms with Crippen molar-refractivity contribution in [2.75, 3.05) is 5.32 Å². The number of nitrogens with one attached hydrogen (secondary N) is 1. The Kier molecular flexibility index (Phi) is 5.05. The minimum absolute atomic E-state index is 0.00575. The second kappa shape index (κ2) is 5.84. The SMILES string of the molecule is CC(C)C(Br)C(=O)Nc1ccc(I)cc1. The van der Waals surface area contributed by atoms with Gasteiger partial charge in [-0.2, -0.15) is 0 Å². The van der Waals surface area contributed by atoms with Crippen LogP contribution in [0.25, 0.3) is 0 Å². The molecule has 2 nitrogen and oxygen atoms in total. The molecule has 0 aliphatic carbocycles. The number of halogens is 2. The maximum atomic E-state index is 11.7. The fraction of sp³-hybridized carbons (Fsp3) is 0.364. The molecule has 4 heteroatoms. The number of hydrogen-bond donors (Lipinski definition) is 1. The van der Waals surface area contributed by atoms with E-state index in [9.17, 15) is 4.79 Å². The van der Waals surface area contributed by atoms with Crippen LogP contribution in [0.2, 0.25) is 0 Å². The first-order valence-corrected chi connectivity index (χ1v) is 6.70. The smallest absolute Gasteiger partial charge is 0.238 e. The van der Waals surface area contributed by atoms with Gasteiger partial charge in [0.05, 0.1) is 4.83 Å². The molecule has 1 atom stereocenters. The van der Waals surface area contributed by atoms with Crippen molar-refractivity contribution in [3.8, 4) is 0 Å². The lowest BCUT2D eigenvalue weighted by Crippen LogP contribution is -2.26. The average molecular weight is 382 g/mol. The Bertz CT molecular complexity index is 337. The fourth-order valence-electron chi connectivity index (χ4n) is 1.05. The summed E-state index contributed by atoms with van der Waals surface area (Å²) in [5, 5.41) is 2.86. The number of amides is 1. The fourth-order valence-corrected chi connectivity index (χ4v) is 1.52. The summed E-state index contributed by atoms with van der Waals surface area (Å²) in [5.41, 5.74) is 0.838. The quantitative estimate of drug-likeness (QED) is 0.628. The molecule has 15 heavy (non-hydrogen) atoms. The van der Waals surface area contributed by atoms with Crippen molar-refractivity contribution < 1.29 is 4.79 Å². The zero-order valence-corrected chi connectivity index (χ0v) is 12.4. The second-order valence-corrected chi connectivity index (χ2v) is 5.87. The van der Waals surface area contributed by atoms with Gasteiger partial charge in [0.2, 0.25) is 5.91 Å². The van der Waals surface area contributed by atoms with E-state index >= 15 is 0 Å². The van der Waals surface area contributed by atoms with Gasteiger partial charge in [-0.3, -0.25) is 4.79 Å². The van der Waals surface area contributed by atoms with E-state index in [-0.39, 0.29) is 16.7 Å².